The van der Waals surface area contributed by atoms with E-state index in [0.717, 1.165) is 18.4 Å². The van der Waals surface area contributed by atoms with Crippen molar-refractivity contribution >= 4 is 15.7 Å². The number of benzene rings is 1. The standard InChI is InChI=1S/C13H22N2O2S/c1-4-8-15(9-5-2)18(16,17)13-7-6-11(3)10-12(13)14/h6-7,10H,4-5,8-9,14H2,1-3H3. The topological polar surface area (TPSA) is 63.4 Å². The first kappa shape index (κ1) is 15.0. The third kappa shape index (κ3) is 3.23. The third-order valence-corrected chi connectivity index (χ3v) is 4.70. The Bertz CT molecular complexity index is 492. The molecule has 0 fully saturated rings. The van der Waals surface area contributed by atoms with Crippen LogP contribution in [-0.4, -0.2) is 25.8 Å². The van der Waals surface area contributed by atoms with Gasteiger partial charge in [-0.3, -0.25) is 0 Å². The first-order valence-electron chi connectivity index (χ1n) is 6.29. The van der Waals surface area contributed by atoms with Crippen LogP contribution in [0.4, 0.5) is 5.69 Å². The van der Waals surface area contributed by atoms with Gasteiger partial charge in [0.2, 0.25) is 10.0 Å². The molecule has 0 bridgehead atoms. The number of hydrogen-bond donors (Lipinski definition) is 1. The molecule has 0 aromatic heterocycles. The van der Waals surface area contributed by atoms with E-state index in [1.54, 1.807) is 18.2 Å². The summed E-state index contributed by atoms with van der Waals surface area (Å²) in [4.78, 5) is 0.218. The van der Waals surface area contributed by atoms with E-state index < -0.39 is 10.0 Å². The van der Waals surface area contributed by atoms with Gasteiger partial charge in [0, 0.05) is 13.1 Å². The summed E-state index contributed by atoms with van der Waals surface area (Å²) in [6, 6.07) is 5.07. The van der Waals surface area contributed by atoms with Crippen molar-refractivity contribution in [1.82, 2.24) is 4.31 Å². The molecule has 18 heavy (non-hydrogen) atoms. The van der Waals surface area contributed by atoms with Gasteiger partial charge in [0.25, 0.3) is 0 Å². The van der Waals surface area contributed by atoms with Crippen LogP contribution in [0.25, 0.3) is 0 Å². The van der Waals surface area contributed by atoms with Crippen LogP contribution in [0.1, 0.15) is 32.3 Å². The predicted octanol–water partition coefficient (Wildman–Crippen LogP) is 2.39. The maximum absolute atomic E-state index is 12.5. The number of rotatable bonds is 6. The van der Waals surface area contributed by atoms with Crippen molar-refractivity contribution < 1.29 is 8.42 Å². The van der Waals surface area contributed by atoms with Crippen LogP contribution in [0.3, 0.4) is 0 Å². The van der Waals surface area contributed by atoms with Crippen molar-refractivity contribution in [1.29, 1.82) is 0 Å². The van der Waals surface area contributed by atoms with Crippen LogP contribution in [0.2, 0.25) is 0 Å². The zero-order chi connectivity index (χ0) is 13.8. The van der Waals surface area contributed by atoms with Gasteiger partial charge in [-0.05, 0) is 37.5 Å². The van der Waals surface area contributed by atoms with Gasteiger partial charge in [-0.15, -0.1) is 0 Å². The van der Waals surface area contributed by atoms with Gasteiger partial charge in [-0.2, -0.15) is 4.31 Å². The lowest BCUT2D eigenvalue weighted by Crippen LogP contribution is -2.33. The first-order valence-corrected chi connectivity index (χ1v) is 7.73. The first-order chi connectivity index (χ1) is 8.43. The summed E-state index contributed by atoms with van der Waals surface area (Å²) in [5.41, 5.74) is 7.12. The molecule has 0 aliphatic carbocycles. The Morgan fingerprint density at radius 1 is 1.17 bits per heavy atom. The van der Waals surface area contributed by atoms with Crippen LogP contribution >= 0.6 is 0 Å². The van der Waals surface area contributed by atoms with Gasteiger partial charge in [0.15, 0.2) is 0 Å². The summed E-state index contributed by atoms with van der Waals surface area (Å²) in [6.45, 7) is 6.89. The average molecular weight is 270 g/mol. The summed E-state index contributed by atoms with van der Waals surface area (Å²) < 4.78 is 26.5. The van der Waals surface area contributed by atoms with Gasteiger partial charge < -0.3 is 5.73 Å². The number of nitrogens with zero attached hydrogens (tertiary/aromatic N) is 1. The molecule has 0 radical (unpaired) electrons. The molecule has 1 aromatic rings. The fourth-order valence-electron chi connectivity index (χ4n) is 1.89. The molecule has 0 unspecified atom stereocenters. The highest BCUT2D eigenvalue weighted by atomic mass is 32.2. The highest BCUT2D eigenvalue weighted by molar-refractivity contribution is 7.89. The largest absolute Gasteiger partial charge is 0.398 e. The van der Waals surface area contributed by atoms with Gasteiger partial charge in [-0.1, -0.05) is 19.9 Å². The Hall–Kier alpha value is -1.07. The molecular formula is C13H22N2O2S. The third-order valence-electron chi connectivity index (χ3n) is 2.73. The van der Waals surface area contributed by atoms with Gasteiger partial charge in [0.05, 0.1) is 5.69 Å². The summed E-state index contributed by atoms with van der Waals surface area (Å²) in [5.74, 6) is 0. The molecule has 2 N–H and O–H groups in total. The predicted molar refractivity (Wildman–Crippen MR) is 74.9 cm³/mol. The number of hydrogen-bond acceptors (Lipinski definition) is 3. The van der Waals surface area contributed by atoms with E-state index in [1.807, 2.05) is 20.8 Å². The summed E-state index contributed by atoms with van der Waals surface area (Å²) >= 11 is 0. The monoisotopic (exact) mass is 270 g/mol. The molecule has 4 nitrogen and oxygen atoms in total. The Labute approximate surface area is 110 Å². The van der Waals surface area contributed by atoms with Crippen LogP contribution in [0.5, 0.6) is 0 Å². The zero-order valence-electron chi connectivity index (χ0n) is 11.3. The molecule has 0 aliphatic heterocycles. The molecule has 0 spiro atoms. The van der Waals surface area contributed by atoms with Crippen molar-refractivity contribution in [3.05, 3.63) is 23.8 Å². The molecule has 0 heterocycles. The second kappa shape index (κ2) is 6.20. The van der Waals surface area contributed by atoms with Crippen LogP contribution < -0.4 is 5.73 Å². The lowest BCUT2D eigenvalue weighted by Gasteiger charge is -2.22. The van der Waals surface area contributed by atoms with Crippen molar-refractivity contribution in [2.45, 2.75) is 38.5 Å². The van der Waals surface area contributed by atoms with E-state index in [4.69, 9.17) is 5.73 Å². The molecule has 1 rings (SSSR count). The molecular weight excluding hydrogens is 248 g/mol. The van der Waals surface area contributed by atoms with E-state index in [0.29, 0.717) is 18.8 Å². The summed E-state index contributed by atoms with van der Waals surface area (Å²) in [7, 11) is -3.46. The van der Waals surface area contributed by atoms with E-state index in [9.17, 15) is 8.42 Å². The second-order valence-electron chi connectivity index (χ2n) is 4.45. The number of sulfonamides is 1. The smallest absolute Gasteiger partial charge is 0.245 e. The minimum atomic E-state index is -3.46. The molecule has 0 aliphatic rings. The molecule has 1 aromatic carbocycles. The van der Waals surface area contributed by atoms with Crippen LogP contribution in [-0.2, 0) is 10.0 Å². The molecule has 0 saturated carbocycles. The maximum atomic E-state index is 12.5. The molecule has 5 heteroatoms. The number of aryl methyl sites for hydroxylation is 1. The lowest BCUT2D eigenvalue weighted by molar-refractivity contribution is 0.410. The van der Waals surface area contributed by atoms with E-state index in [1.165, 1.54) is 4.31 Å². The zero-order valence-corrected chi connectivity index (χ0v) is 12.1. The van der Waals surface area contributed by atoms with Crippen molar-refractivity contribution in [3.8, 4) is 0 Å². The fraction of sp³-hybridized carbons (Fsp3) is 0.538. The Morgan fingerprint density at radius 3 is 2.17 bits per heavy atom. The van der Waals surface area contributed by atoms with Crippen molar-refractivity contribution in [2.24, 2.45) is 0 Å². The van der Waals surface area contributed by atoms with Crippen molar-refractivity contribution in [3.63, 3.8) is 0 Å². The lowest BCUT2D eigenvalue weighted by atomic mass is 10.2. The minimum Gasteiger partial charge on any atom is -0.398 e. The van der Waals surface area contributed by atoms with E-state index >= 15 is 0 Å². The normalized spacial score (nSPS) is 12.0. The maximum Gasteiger partial charge on any atom is 0.245 e. The van der Waals surface area contributed by atoms with Crippen molar-refractivity contribution in [2.75, 3.05) is 18.8 Å². The number of nitrogen functional groups attached to an aromatic ring is 1. The van der Waals surface area contributed by atoms with Crippen LogP contribution in [0.15, 0.2) is 23.1 Å². The van der Waals surface area contributed by atoms with E-state index in [2.05, 4.69) is 0 Å². The van der Waals surface area contributed by atoms with Crippen LogP contribution in [0, 0.1) is 6.92 Å². The van der Waals surface area contributed by atoms with Gasteiger partial charge >= 0.3 is 0 Å². The Morgan fingerprint density at radius 2 is 1.72 bits per heavy atom. The summed E-state index contributed by atoms with van der Waals surface area (Å²) in [5, 5.41) is 0. The molecule has 0 saturated heterocycles. The highest BCUT2D eigenvalue weighted by Crippen LogP contribution is 2.23. The van der Waals surface area contributed by atoms with Gasteiger partial charge in [-0.25, -0.2) is 8.42 Å². The second-order valence-corrected chi connectivity index (χ2v) is 6.35. The minimum absolute atomic E-state index is 0.218. The highest BCUT2D eigenvalue weighted by Gasteiger charge is 2.24. The number of anilines is 1. The quantitative estimate of drug-likeness (QED) is 0.807. The molecule has 0 atom stereocenters. The Kier molecular flexibility index (Phi) is 5.16. The van der Waals surface area contributed by atoms with Gasteiger partial charge in [0.1, 0.15) is 4.90 Å². The molecule has 102 valence electrons. The number of nitrogens with two attached hydrogens (primary N) is 1. The fourth-order valence-corrected chi connectivity index (χ4v) is 3.61. The van der Waals surface area contributed by atoms with E-state index in [-0.39, 0.29) is 4.90 Å². The Balaban J connectivity index is 3.17. The summed E-state index contributed by atoms with van der Waals surface area (Å²) in [6.07, 6.45) is 1.59. The molecule has 0 amide bonds. The SMILES string of the molecule is CCCN(CCC)S(=O)(=O)c1ccc(C)cc1N. The average Bonchev–Trinajstić information content (AvgIpc) is 2.28.